The van der Waals surface area contributed by atoms with Crippen LogP contribution in [0.2, 0.25) is 0 Å². The second kappa shape index (κ2) is 9.81. The van der Waals surface area contributed by atoms with Crippen LogP contribution in [0.25, 0.3) is 22.6 Å². The number of hydrogen-bond donors (Lipinski definition) is 2. The first-order chi connectivity index (χ1) is 18.2. The Labute approximate surface area is 219 Å². The summed E-state index contributed by atoms with van der Waals surface area (Å²) >= 11 is 0. The molecule has 0 saturated carbocycles. The molecule has 0 aliphatic carbocycles. The number of rotatable bonds is 5. The summed E-state index contributed by atoms with van der Waals surface area (Å²) in [5.41, 5.74) is 4.15. The van der Waals surface area contributed by atoms with Crippen LogP contribution >= 0.6 is 0 Å². The molecular formula is C28H27N7O3. The van der Waals surface area contributed by atoms with Gasteiger partial charge in [-0.25, -0.2) is 19.0 Å². The summed E-state index contributed by atoms with van der Waals surface area (Å²) in [7, 11) is 0. The Balaban J connectivity index is 1.44. The monoisotopic (exact) mass is 509 g/mol. The van der Waals surface area contributed by atoms with Crippen molar-refractivity contribution in [1.29, 1.82) is 0 Å². The molecule has 0 atom stereocenters. The number of amides is 2. The number of carbonyl (C=O) groups excluding carboxylic acids is 2. The van der Waals surface area contributed by atoms with Crippen molar-refractivity contribution in [2.24, 2.45) is 0 Å². The maximum absolute atomic E-state index is 13.2. The van der Waals surface area contributed by atoms with E-state index < -0.39 is 11.7 Å². The SMILES string of the molecule is Cc1ccc(-n2nc(-c3ccc(NC(=O)OC(C)(C)C)cc3)cc2NC(=O)c2cnn3cccnc23)cc1. The number of nitrogens with one attached hydrogen (secondary N) is 2. The summed E-state index contributed by atoms with van der Waals surface area (Å²) in [5, 5.41) is 14.7. The molecule has 2 N–H and O–H groups in total. The van der Waals surface area contributed by atoms with Gasteiger partial charge in [-0.1, -0.05) is 29.8 Å². The molecule has 0 radical (unpaired) electrons. The van der Waals surface area contributed by atoms with Crippen LogP contribution < -0.4 is 10.6 Å². The first-order valence-electron chi connectivity index (χ1n) is 12.0. The van der Waals surface area contributed by atoms with Gasteiger partial charge in [0.05, 0.1) is 17.6 Å². The molecule has 0 spiro atoms. The van der Waals surface area contributed by atoms with Crippen LogP contribution in [0, 0.1) is 6.92 Å². The molecule has 10 nitrogen and oxygen atoms in total. The molecule has 5 rings (SSSR count). The molecule has 0 fully saturated rings. The molecule has 10 heteroatoms. The fraction of sp³-hybridized carbons (Fsp3) is 0.179. The van der Waals surface area contributed by atoms with E-state index >= 15 is 0 Å². The van der Waals surface area contributed by atoms with Crippen LogP contribution in [0.3, 0.4) is 0 Å². The summed E-state index contributed by atoms with van der Waals surface area (Å²) in [6.45, 7) is 7.43. The highest BCUT2D eigenvalue weighted by atomic mass is 16.6. The molecule has 2 amide bonds. The smallest absolute Gasteiger partial charge is 0.412 e. The van der Waals surface area contributed by atoms with Crippen molar-refractivity contribution >= 4 is 29.2 Å². The van der Waals surface area contributed by atoms with E-state index in [0.717, 1.165) is 16.8 Å². The quantitative estimate of drug-likeness (QED) is 0.324. The van der Waals surface area contributed by atoms with E-state index in [4.69, 9.17) is 9.84 Å². The van der Waals surface area contributed by atoms with Crippen molar-refractivity contribution in [2.75, 3.05) is 10.6 Å². The lowest BCUT2D eigenvalue weighted by molar-refractivity contribution is 0.0635. The predicted octanol–water partition coefficient (Wildman–Crippen LogP) is 5.49. The largest absolute Gasteiger partial charge is 0.444 e. The predicted molar refractivity (Wildman–Crippen MR) is 145 cm³/mol. The van der Waals surface area contributed by atoms with Gasteiger partial charge < -0.3 is 10.1 Å². The maximum Gasteiger partial charge on any atom is 0.412 e. The van der Waals surface area contributed by atoms with E-state index in [2.05, 4.69) is 20.7 Å². The van der Waals surface area contributed by atoms with E-state index in [9.17, 15) is 9.59 Å². The number of aryl methyl sites for hydroxylation is 1. The van der Waals surface area contributed by atoms with Gasteiger partial charge >= 0.3 is 6.09 Å². The number of ether oxygens (including phenoxy) is 1. The number of nitrogens with zero attached hydrogens (tertiary/aromatic N) is 5. The summed E-state index contributed by atoms with van der Waals surface area (Å²) < 4.78 is 8.54. The molecule has 0 bridgehead atoms. The molecule has 0 saturated heterocycles. The highest BCUT2D eigenvalue weighted by Crippen LogP contribution is 2.27. The summed E-state index contributed by atoms with van der Waals surface area (Å²) in [4.78, 5) is 29.6. The minimum atomic E-state index is -0.590. The van der Waals surface area contributed by atoms with E-state index in [1.165, 1.54) is 6.20 Å². The minimum Gasteiger partial charge on any atom is -0.444 e. The van der Waals surface area contributed by atoms with E-state index in [1.807, 2.05) is 64.1 Å². The lowest BCUT2D eigenvalue weighted by Gasteiger charge is -2.19. The van der Waals surface area contributed by atoms with Crippen LogP contribution in [0.5, 0.6) is 0 Å². The zero-order chi connectivity index (χ0) is 26.9. The Morgan fingerprint density at radius 1 is 0.974 bits per heavy atom. The first kappa shape index (κ1) is 24.7. The molecule has 3 aromatic heterocycles. The number of hydrogen-bond acceptors (Lipinski definition) is 6. The molecular weight excluding hydrogens is 482 g/mol. The van der Waals surface area contributed by atoms with Crippen molar-refractivity contribution in [3.8, 4) is 16.9 Å². The van der Waals surface area contributed by atoms with E-state index in [0.29, 0.717) is 28.4 Å². The molecule has 2 aromatic carbocycles. The highest BCUT2D eigenvalue weighted by molar-refractivity contribution is 6.08. The van der Waals surface area contributed by atoms with Gasteiger partial charge in [-0.05, 0) is 58.0 Å². The minimum absolute atomic E-state index is 0.348. The molecule has 3 heterocycles. The van der Waals surface area contributed by atoms with Gasteiger partial charge in [0.15, 0.2) is 5.65 Å². The molecule has 192 valence electrons. The van der Waals surface area contributed by atoms with Crippen LogP contribution in [0.4, 0.5) is 16.3 Å². The lowest BCUT2D eigenvalue weighted by Crippen LogP contribution is -2.27. The third-order valence-corrected chi connectivity index (χ3v) is 5.58. The topological polar surface area (TPSA) is 115 Å². The number of carbonyl (C=O) groups is 2. The van der Waals surface area contributed by atoms with Gasteiger partial charge in [-0.15, -0.1) is 0 Å². The zero-order valence-corrected chi connectivity index (χ0v) is 21.5. The van der Waals surface area contributed by atoms with Gasteiger partial charge in [0.2, 0.25) is 0 Å². The zero-order valence-electron chi connectivity index (χ0n) is 21.5. The first-order valence-corrected chi connectivity index (χ1v) is 12.0. The molecule has 38 heavy (non-hydrogen) atoms. The van der Waals surface area contributed by atoms with Gasteiger partial charge in [0.25, 0.3) is 5.91 Å². The van der Waals surface area contributed by atoms with Gasteiger partial charge in [0, 0.05) is 29.7 Å². The van der Waals surface area contributed by atoms with E-state index in [1.54, 1.807) is 45.9 Å². The molecule has 0 aliphatic heterocycles. The second-order valence-electron chi connectivity index (χ2n) is 9.77. The van der Waals surface area contributed by atoms with Gasteiger partial charge in [-0.2, -0.15) is 10.2 Å². The van der Waals surface area contributed by atoms with Crippen molar-refractivity contribution in [2.45, 2.75) is 33.3 Å². The Morgan fingerprint density at radius 3 is 2.42 bits per heavy atom. The maximum atomic E-state index is 13.2. The van der Waals surface area contributed by atoms with Crippen molar-refractivity contribution in [3.05, 3.63) is 90.4 Å². The number of benzene rings is 2. The fourth-order valence-electron chi connectivity index (χ4n) is 3.81. The second-order valence-corrected chi connectivity index (χ2v) is 9.77. The average molecular weight is 510 g/mol. The lowest BCUT2D eigenvalue weighted by atomic mass is 10.1. The fourth-order valence-corrected chi connectivity index (χ4v) is 3.81. The molecule has 0 unspecified atom stereocenters. The van der Waals surface area contributed by atoms with Crippen molar-refractivity contribution in [1.82, 2.24) is 24.4 Å². The Bertz CT molecular complexity index is 1610. The normalized spacial score (nSPS) is 11.4. The van der Waals surface area contributed by atoms with Crippen molar-refractivity contribution in [3.63, 3.8) is 0 Å². The van der Waals surface area contributed by atoms with Crippen LogP contribution in [0.15, 0.2) is 79.3 Å². The number of fused-ring (bicyclic) bond motifs is 1. The summed E-state index contributed by atoms with van der Waals surface area (Å²) in [5.74, 6) is 0.135. The standard InChI is InChI=1S/C28H27N7O3/c1-18-6-12-21(13-7-18)35-24(32-26(36)22-17-30-34-15-5-14-29-25(22)34)16-23(33-35)19-8-10-20(11-9-19)31-27(37)38-28(2,3)4/h5-17H,1-4H3,(H,31,37)(H,32,36). The van der Waals surface area contributed by atoms with E-state index in [-0.39, 0.29) is 5.91 Å². The Kier molecular flexibility index (Phi) is 6.38. The summed E-state index contributed by atoms with van der Waals surface area (Å²) in [6.07, 6.45) is 4.31. The van der Waals surface area contributed by atoms with Crippen LogP contribution in [-0.2, 0) is 4.74 Å². The average Bonchev–Trinajstić information content (AvgIpc) is 3.48. The van der Waals surface area contributed by atoms with Gasteiger partial charge in [0.1, 0.15) is 17.0 Å². The van der Waals surface area contributed by atoms with Crippen molar-refractivity contribution < 1.29 is 14.3 Å². The van der Waals surface area contributed by atoms with Crippen LogP contribution in [-0.4, -0.2) is 42.0 Å². The van der Waals surface area contributed by atoms with Gasteiger partial charge in [-0.3, -0.25) is 10.1 Å². The Morgan fingerprint density at radius 2 is 1.71 bits per heavy atom. The third-order valence-electron chi connectivity index (χ3n) is 5.58. The number of aromatic nitrogens is 5. The molecule has 0 aliphatic rings. The summed E-state index contributed by atoms with van der Waals surface area (Å²) in [6, 6.07) is 18.6. The molecule has 5 aromatic rings. The Hall–Kier alpha value is -4.99. The number of anilines is 2. The van der Waals surface area contributed by atoms with Crippen LogP contribution in [0.1, 0.15) is 36.7 Å². The third kappa shape index (κ3) is 5.39. The highest BCUT2D eigenvalue weighted by Gasteiger charge is 2.19.